The highest BCUT2D eigenvalue weighted by Crippen LogP contribution is 2.29. The summed E-state index contributed by atoms with van der Waals surface area (Å²) in [6.45, 7) is 0.659. The van der Waals surface area contributed by atoms with Gasteiger partial charge in [-0.15, -0.1) is 11.8 Å². The number of hydrogen-bond donors (Lipinski definition) is 1. The average Bonchev–Trinajstić information content (AvgIpc) is 2.31. The molecule has 0 atom stereocenters. The highest BCUT2D eigenvalue weighted by molar-refractivity contribution is 7.99. The third kappa shape index (κ3) is 2.80. The van der Waals surface area contributed by atoms with E-state index in [0.717, 1.165) is 16.2 Å². The monoisotopic (exact) mass is 270 g/mol. The number of hydrogen-bond acceptors (Lipinski definition) is 4. The molecule has 17 heavy (non-hydrogen) atoms. The van der Waals surface area contributed by atoms with Crippen molar-refractivity contribution in [2.45, 2.75) is 4.90 Å². The summed E-state index contributed by atoms with van der Waals surface area (Å²) in [4.78, 5) is 19.0. The number of aromatic nitrogens is 2. The Balaban J connectivity index is 2.38. The minimum Gasteiger partial charge on any atom is -0.384 e. The summed E-state index contributed by atoms with van der Waals surface area (Å²) in [5.41, 5.74) is 0.475. The summed E-state index contributed by atoms with van der Waals surface area (Å²) >= 11 is 7.70. The number of methoxy groups -OCH3 is 1. The largest absolute Gasteiger partial charge is 0.384 e. The lowest BCUT2D eigenvalue weighted by molar-refractivity contribution is 0.218. The smallest absolute Gasteiger partial charge is 0.280 e. The first-order chi connectivity index (χ1) is 8.22. The molecule has 1 aromatic heterocycles. The van der Waals surface area contributed by atoms with Crippen LogP contribution in [0.4, 0.5) is 0 Å². The third-order valence-electron chi connectivity index (χ3n) is 2.25. The van der Waals surface area contributed by atoms with Crippen LogP contribution in [-0.4, -0.2) is 29.4 Å². The summed E-state index contributed by atoms with van der Waals surface area (Å²) in [6, 6.07) is 3.51. The second kappa shape index (κ2) is 5.53. The van der Waals surface area contributed by atoms with Gasteiger partial charge in [0.25, 0.3) is 5.56 Å². The number of benzene rings is 1. The summed E-state index contributed by atoms with van der Waals surface area (Å²) in [5, 5.41) is 1.07. The van der Waals surface area contributed by atoms with Gasteiger partial charge in [0.1, 0.15) is 0 Å². The molecule has 2 aromatic rings. The van der Waals surface area contributed by atoms with Gasteiger partial charge >= 0.3 is 0 Å². The molecular weight excluding hydrogens is 260 g/mol. The number of ether oxygens (including phenoxy) is 1. The molecule has 6 heteroatoms. The molecule has 0 fully saturated rings. The summed E-state index contributed by atoms with van der Waals surface area (Å²) in [5.74, 6) is 0.817. The molecule has 0 spiro atoms. The Kier molecular flexibility index (Phi) is 4.04. The summed E-state index contributed by atoms with van der Waals surface area (Å²) in [6.07, 6.45) is 1.39. The lowest BCUT2D eigenvalue weighted by Crippen LogP contribution is -2.06. The van der Waals surface area contributed by atoms with Crippen molar-refractivity contribution in [1.29, 1.82) is 0 Å². The first-order valence-corrected chi connectivity index (χ1v) is 6.37. The number of H-pyrrole nitrogens is 1. The molecule has 2 rings (SSSR count). The van der Waals surface area contributed by atoms with Gasteiger partial charge in [-0.25, -0.2) is 0 Å². The van der Waals surface area contributed by atoms with E-state index in [1.165, 1.54) is 6.33 Å². The van der Waals surface area contributed by atoms with Crippen molar-refractivity contribution >= 4 is 34.3 Å². The van der Waals surface area contributed by atoms with Gasteiger partial charge < -0.3 is 9.72 Å². The van der Waals surface area contributed by atoms with Crippen LogP contribution >= 0.6 is 23.4 Å². The fourth-order valence-corrected chi connectivity index (χ4v) is 2.62. The number of thioether (sulfide) groups is 1. The highest BCUT2D eigenvalue weighted by Gasteiger charge is 2.06. The normalized spacial score (nSPS) is 10.9. The van der Waals surface area contributed by atoms with Crippen molar-refractivity contribution in [3.05, 3.63) is 33.8 Å². The van der Waals surface area contributed by atoms with Crippen LogP contribution < -0.4 is 5.56 Å². The van der Waals surface area contributed by atoms with Crippen molar-refractivity contribution in [2.75, 3.05) is 19.5 Å². The quantitative estimate of drug-likeness (QED) is 0.684. The van der Waals surface area contributed by atoms with Crippen LogP contribution in [0.25, 0.3) is 10.9 Å². The van der Waals surface area contributed by atoms with Crippen LogP contribution in [0, 0.1) is 0 Å². The number of nitrogens with zero attached hydrogens (tertiary/aromatic N) is 1. The molecule has 1 N–H and O–H groups in total. The maximum Gasteiger partial charge on any atom is 0.280 e. The van der Waals surface area contributed by atoms with E-state index >= 15 is 0 Å². The summed E-state index contributed by atoms with van der Waals surface area (Å²) in [7, 11) is 1.66. The topological polar surface area (TPSA) is 55.0 Å². The van der Waals surface area contributed by atoms with E-state index in [9.17, 15) is 4.79 Å². The van der Waals surface area contributed by atoms with Gasteiger partial charge in [-0.2, -0.15) is 4.98 Å². The van der Waals surface area contributed by atoms with Crippen LogP contribution in [0.3, 0.4) is 0 Å². The van der Waals surface area contributed by atoms with Crippen molar-refractivity contribution in [2.24, 2.45) is 0 Å². The van der Waals surface area contributed by atoms with Gasteiger partial charge in [0.15, 0.2) is 0 Å². The zero-order valence-corrected chi connectivity index (χ0v) is 10.8. The van der Waals surface area contributed by atoms with E-state index < -0.39 is 0 Å². The van der Waals surface area contributed by atoms with Crippen LogP contribution in [-0.2, 0) is 4.74 Å². The van der Waals surface area contributed by atoms with Gasteiger partial charge in [0.05, 0.1) is 28.9 Å². The second-order valence-corrected chi connectivity index (χ2v) is 4.92. The van der Waals surface area contributed by atoms with E-state index in [-0.39, 0.29) is 5.56 Å². The standard InChI is InChI=1S/C11H11ClN2O2S/c1-16-2-3-17-10-5-9-7(4-8(10)12)11(15)14-6-13-9/h4-6H,2-3H2,1H3,(H,13,14,15). The van der Waals surface area contributed by atoms with Crippen LogP contribution in [0.1, 0.15) is 0 Å². The fraction of sp³-hybridized carbons (Fsp3) is 0.273. The SMILES string of the molecule is COCCSc1cc2[nH]cnc(=O)c2cc1Cl. The van der Waals surface area contributed by atoms with Gasteiger partial charge in [-0.3, -0.25) is 4.79 Å². The minimum absolute atomic E-state index is 0.269. The van der Waals surface area contributed by atoms with Crippen molar-refractivity contribution in [1.82, 2.24) is 9.97 Å². The lowest BCUT2D eigenvalue weighted by Gasteiger charge is -2.05. The molecule has 0 aliphatic carbocycles. The molecule has 0 saturated carbocycles. The highest BCUT2D eigenvalue weighted by atomic mass is 35.5. The van der Waals surface area contributed by atoms with E-state index in [4.69, 9.17) is 16.3 Å². The van der Waals surface area contributed by atoms with Gasteiger partial charge in [-0.1, -0.05) is 11.6 Å². The van der Waals surface area contributed by atoms with E-state index in [1.54, 1.807) is 24.9 Å². The van der Waals surface area contributed by atoms with Crippen LogP contribution in [0.15, 0.2) is 28.2 Å². The van der Waals surface area contributed by atoms with Crippen LogP contribution in [0.2, 0.25) is 5.02 Å². The van der Waals surface area contributed by atoms with Crippen LogP contribution in [0.5, 0.6) is 0 Å². The number of aromatic amines is 1. The molecule has 1 heterocycles. The molecule has 4 nitrogen and oxygen atoms in total. The van der Waals surface area contributed by atoms with E-state index in [1.807, 2.05) is 6.07 Å². The van der Waals surface area contributed by atoms with Crippen molar-refractivity contribution in [3.63, 3.8) is 0 Å². The Morgan fingerprint density at radius 1 is 1.53 bits per heavy atom. The number of nitrogens with one attached hydrogen (secondary N) is 1. The Morgan fingerprint density at radius 2 is 2.35 bits per heavy atom. The first kappa shape index (κ1) is 12.4. The van der Waals surface area contributed by atoms with E-state index in [0.29, 0.717) is 17.0 Å². The Labute approximate surface area is 107 Å². The molecule has 0 unspecified atom stereocenters. The molecule has 1 aromatic carbocycles. The Hall–Kier alpha value is -1.04. The zero-order chi connectivity index (χ0) is 12.3. The molecular formula is C11H11ClN2O2S. The predicted molar refractivity (Wildman–Crippen MR) is 70.0 cm³/mol. The molecule has 0 aliphatic heterocycles. The molecule has 0 saturated heterocycles. The maximum absolute atomic E-state index is 11.5. The second-order valence-electron chi connectivity index (χ2n) is 3.38. The number of fused-ring (bicyclic) bond motifs is 1. The molecule has 90 valence electrons. The van der Waals surface area contributed by atoms with Crippen molar-refractivity contribution < 1.29 is 4.74 Å². The molecule has 0 aliphatic rings. The molecule has 0 bridgehead atoms. The minimum atomic E-state index is -0.269. The maximum atomic E-state index is 11.5. The Morgan fingerprint density at radius 3 is 3.12 bits per heavy atom. The lowest BCUT2D eigenvalue weighted by atomic mass is 10.2. The summed E-state index contributed by atoms with van der Waals surface area (Å²) < 4.78 is 4.98. The van der Waals surface area contributed by atoms with Crippen molar-refractivity contribution in [3.8, 4) is 0 Å². The van der Waals surface area contributed by atoms with Gasteiger partial charge in [0.2, 0.25) is 0 Å². The number of halogens is 1. The number of rotatable bonds is 4. The third-order valence-corrected chi connectivity index (χ3v) is 3.69. The Bertz CT molecular complexity index is 585. The molecule has 0 amide bonds. The zero-order valence-electron chi connectivity index (χ0n) is 9.20. The van der Waals surface area contributed by atoms with Gasteiger partial charge in [0, 0.05) is 17.8 Å². The van der Waals surface area contributed by atoms with Gasteiger partial charge in [-0.05, 0) is 12.1 Å². The first-order valence-electron chi connectivity index (χ1n) is 5.01. The fourth-order valence-electron chi connectivity index (χ4n) is 1.43. The average molecular weight is 271 g/mol. The molecule has 0 radical (unpaired) electrons. The predicted octanol–water partition coefficient (Wildman–Crippen LogP) is 2.32. The van der Waals surface area contributed by atoms with E-state index in [2.05, 4.69) is 9.97 Å².